The molecule has 0 heterocycles. The quantitative estimate of drug-likeness (QED) is 0.745. The molecule has 0 amide bonds. The molecule has 108 valence electrons. The molecule has 19 heavy (non-hydrogen) atoms. The molecule has 1 rings (SSSR count). The second kappa shape index (κ2) is 8.88. The zero-order valence-electron chi connectivity index (χ0n) is 12.2. The number of para-hydroxylation sites is 1. The smallest absolute Gasteiger partial charge is 0.146 e. The Bertz CT molecular complexity index is 360. The van der Waals surface area contributed by atoms with E-state index in [2.05, 4.69) is 24.1 Å². The summed E-state index contributed by atoms with van der Waals surface area (Å²) in [5.41, 5.74) is 0.568. The minimum atomic E-state index is -0.200. The van der Waals surface area contributed by atoms with Gasteiger partial charge in [0.1, 0.15) is 5.82 Å². The van der Waals surface area contributed by atoms with Crippen molar-refractivity contribution in [3.05, 3.63) is 30.1 Å². The second-order valence-corrected chi connectivity index (χ2v) is 4.69. The average molecular weight is 268 g/mol. The van der Waals surface area contributed by atoms with E-state index < -0.39 is 0 Å². The number of rotatable bonds is 9. The molecule has 0 bridgehead atoms. The molecule has 0 saturated carbocycles. The van der Waals surface area contributed by atoms with E-state index in [-0.39, 0.29) is 5.82 Å². The van der Waals surface area contributed by atoms with Crippen LogP contribution in [-0.4, -0.2) is 44.3 Å². The van der Waals surface area contributed by atoms with Crippen molar-refractivity contribution in [3.8, 4) is 0 Å². The minimum Gasteiger partial charge on any atom is -0.383 e. The van der Waals surface area contributed by atoms with Gasteiger partial charge in [-0.1, -0.05) is 19.1 Å². The van der Waals surface area contributed by atoms with Crippen molar-refractivity contribution in [1.82, 2.24) is 4.90 Å². The fourth-order valence-electron chi connectivity index (χ4n) is 1.96. The summed E-state index contributed by atoms with van der Waals surface area (Å²) in [6.45, 7) is 7.63. The molecule has 0 radical (unpaired) electrons. The van der Waals surface area contributed by atoms with E-state index >= 15 is 0 Å². The van der Waals surface area contributed by atoms with Crippen LogP contribution in [0.1, 0.15) is 20.3 Å². The summed E-state index contributed by atoms with van der Waals surface area (Å²) < 4.78 is 18.6. The maximum atomic E-state index is 13.4. The lowest BCUT2D eigenvalue weighted by molar-refractivity contribution is 0.126. The molecule has 0 aromatic heterocycles. The monoisotopic (exact) mass is 268 g/mol. The number of methoxy groups -OCH3 is 1. The van der Waals surface area contributed by atoms with Crippen LogP contribution < -0.4 is 5.32 Å². The van der Waals surface area contributed by atoms with Gasteiger partial charge in [-0.15, -0.1) is 0 Å². The van der Waals surface area contributed by atoms with E-state index in [1.54, 1.807) is 19.2 Å². The van der Waals surface area contributed by atoms with E-state index in [9.17, 15) is 4.39 Å². The summed E-state index contributed by atoms with van der Waals surface area (Å²) in [6.07, 6.45) is 1.10. The summed E-state index contributed by atoms with van der Waals surface area (Å²) in [5.74, 6) is -0.200. The van der Waals surface area contributed by atoms with Gasteiger partial charge in [0.2, 0.25) is 0 Å². The maximum absolute atomic E-state index is 13.4. The molecule has 3 nitrogen and oxygen atoms in total. The van der Waals surface area contributed by atoms with Crippen molar-refractivity contribution >= 4 is 5.69 Å². The van der Waals surface area contributed by atoms with Gasteiger partial charge in [0.05, 0.1) is 12.3 Å². The van der Waals surface area contributed by atoms with Crippen LogP contribution in [0.15, 0.2) is 24.3 Å². The molecular weight excluding hydrogens is 243 g/mol. The van der Waals surface area contributed by atoms with Crippen molar-refractivity contribution < 1.29 is 9.13 Å². The number of ether oxygens (including phenoxy) is 1. The number of benzene rings is 1. The third kappa shape index (κ3) is 5.57. The van der Waals surface area contributed by atoms with Gasteiger partial charge in [-0.2, -0.15) is 0 Å². The first-order valence-corrected chi connectivity index (χ1v) is 6.90. The second-order valence-electron chi connectivity index (χ2n) is 4.69. The van der Waals surface area contributed by atoms with E-state index in [0.717, 1.165) is 32.7 Å². The van der Waals surface area contributed by atoms with E-state index in [1.807, 2.05) is 6.07 Å². The van der Waals surface area contributed by atoms with Crippen LogP contribution in [0, 0.1) is 5.82 Å². The Balaban J connectivity index is 2.41. The fourth-order valence-corrected chi connectivity index (χ4v) is 1.96. The molecule has 0 saturated heterocycles. The molecule has 4 heteroatoms. The molecule has 0 aliphatic carbocycles. The molecule has 1 aromatic rings. The van der Waals surface area contributed by atoms with Gasteiger partial charge in [0.25, 0.3) is 0 Å². The highest BCUT2D eigenvalue weighted by Gasteiger charge is 2.11. The number of nitrogens with zero attached hydrogens (tertiary/aromatic N) is 1. The van der Waals surface area contributed by atoms with Crippen LogP contribution in [-0.2, 0) is 4.74 Å². The van der Waals surface area contributed by atoms with Crippen LogP contribution in [0.4, 0.5) is 10.1 Å². The summed E-state index contributed by atoms with van der Waals surface area (Å²) in [5, 5.41) is 3.14. The number of halogens is 1. The largest absolute Gasteiger partial charge is 0.383 e. The number of anilines is 1. The van der Waals surface area contributed by atoms with Crippen LogP contribution in [0.2, 0.25) is 0 Å². The zero-order valence-corrected chi connectivity index (χ0v) is 12.2. The zero-order chi connectivity index (χ0) is 14.1. The standard InChI is InChI=1S/C15H25FN2O/c1-4-13(2)18(11-12-19-3)10-9-17-15-8-6-5-7-14(15)16/h5-8,13,17H,4,9-12H2,1-3H3. The highest BCUT2D eigenvalue weighted by Crippen LogP contribution is 2.12. The summed E-state index contributed by atoms with van der Waals surface area (Å²) in [4.78, 5) is 2.36. The topological polar surface area (TPSA) is 24.5 Å². The van der Waals surface area contributed by atoms with Crippen LogP contribution in [0.3, 0.4) is 0 Å². The van der Waals surface area contributed by atoms with Crippen LogP contribution in [0.25, 0.3) is 0 Å². The Morgan fingerprint density at radius 1 is 1.32 bits per heavy atom. The third-order valence-corrected chi connectivity index (χ3v) is 3.39. The van der Waals surface area contributed by atoms with Gasteiger partial charge in [0, 0.05) is 32.8 Å². The first-order chi connectivity index (χ1) is 9.19. The fraction of sp³-hybridized carbons (Fsp3) is 0.600. The van der Waals surface area contributed by atoms with Crippen LogP contribution in [0.5, 0.6) is 0 Å². The Hall–Kier alpha value is -1.13. The SMILES string of the molecule is CCC(C)N(CCNc1ccccc1F)CCOC. The highest BCUT2D eigenvalue weighted by molar-refractivity contribution is 5.44. The van der Waals surface area contributed by atoms with Crippen molar-refractivity contribution in [2.75, 3.05) is 38.7 Å². The normalized spacial score (nSPS) is 12.7. The van der Waals surface area contributed by atoms with Gasteiger partial charge < -0.3 is 10.1 Å². The molecule has 1 atom stereocenters. The van der Waals surface area contributed by atoms with E-state index in [1.165, 1.54) is 6.07 Å². The van der Waals surface area contributed by atoms with Crippen molar-refractivity contribution in [2.45, 2.75) is 26.3 Å². The summed E-state index contributed by atoms with van der Waals surface area (Å²) in [6, 6.07) is 7.28. The Kier molecular flexibility index (Phi) is 7.45. The molecule has 0 spiro atoms. The third-order valence-electron chi connectivity index (χ3n) is 3.39. The molecule has 1 unspecified atom stereocenters. The van der Waals surface area contributed by atoms with Crippen molar-refractivity contribution in [3.63, 3.8) is 0 Å². The van der Waals surface area contributed by atoms with Crippen molar-refractivity contribution in [2.24, 2.45) is 0 Å². The first kappa shape index (κ1) is 15.9. The first-order valence-electron chi connectivity index (χ1n) is 6.90. The molecule has 0 aliphatic rings. The number of hydrogen-bond acceptors (Lipinski definition) is 3. The summed E-state index contributed by atoms with van der Waals surface area (Å²) in [7, 11) is 1.71. The van der Waals surface area contributed by atoms with Gasteiger partial charge in [-0.25, -0.2) is 4.39 Å². The number of nitrogens with one attached hydrogen (secondary N) is 1. The predicted molar refractivity (Wildman–Crippen MR) is 78.1 cm³/mol. The van der Waals surface area contributed by atoms with E-state index in [0.29, 0.717) is 11.7 Å². The van der Waals surface area contributed by atoms with Gasteiger partial charge in [0.15, 0.2) is 0 Å². The lowest BCUT2D eigenvalue weighted by Crippen LogP contribution is -2.38. The number of hydrogen-bond donors (Lipinski definition) is 1. The molecule has 1 aromatic carbocycles. The van der Waals surface area contributed by atoms with Crippen LogP contribution >= 0.6 is 0 Å². The molecule has 0 fully saturated rings. The van der Waals surface area contributed by atoms with E-state index in [4.69, 9.17) is 4.74 Å². The summed E-state index contributed by atoms with van der Waals surface area (Å²) >= 11 is 0. The van der Waals surface area contributed by atoms with Gasteiger partial charge >= 0.3 is 0 Å². The lowest BCUT2D eigenvalue weighted by Gasteiger charge is -2.28. The molecular formula is C15H25FN2O. The average Bonchev–Trinajstić information content (AvgIpc) is 2.43. The Labute approximate surface area is 115 Å². The van der Waals surface area contributed by atoms with Crippen molar-refractivity contribution in [1.29, 1.82) is 0 Å². The lowest BCUT2D eigenvalue weighted by atomic mass is 10.2. The Morgan fingerprint density at radius 3 is 2.68 bits per heavy atom. The molecule has 0 aliphatic heterocycles. The maximum Gasteiger partial charge on any atom is 0.146 e. The highest BCUT2D eigenvalue weighted by atomic mass is 19.1. The Morgan fingerprint density at radius 2 is 2.05 bits per heavy atom. The predicted octanol–water partition coefficient (Wildman–Crippen LogP) is 2.98. The minimum absolute atomic E-state index is 0.200. The van der Waals surface area contributed by atoms with Gasteiger partial charge in [-0.3, -0.25) is 4.90 Å². The van der Waals surface area contributed by atoms with Gasteiger partial charge in [-0.05, 0) is 25.5 Å². The molecule has 1 N–H and O–H groups in total.